The third-order valence-electron chi connectivity index (χ3n) is 4.02. The molecule has 0 aliphatic rings. The van der Waals surface area contributed by atoms with Gasteiger partial charge in [-0.15, -0.1) is 0 Å². The van der Waals surface area contributed by atoms with Crippen LogP contribution < -0.4 is 20.7 Å². The van der Waals surface area contributed by atoms with Gasteiger partial charge in [-0.1, -0.05) is 18.2 Å². The molecule has 3 N–H and O–H groups in total. The SMILES string of the molecule is COc1ccc(CCC(=O)Nc2cccc(NC(=O)CNC(=O)OC(C)(C)C)c2)cc1. The maximum Gasteiger partial charge on any atom is 0.408 e. The molecule has 0 aliphatic heterocycles. The predicted molar refractivity (Wildman–Crippen MR) is 119 cm³/mol. The number of alkyl carbamates (subject to hydrolysis) is 1. The van der Waals surface area contributed by atoms with Crippen molar-refractivity contribution in [2.45, 2.75) is 39.2 Å². The van der Waals surface area contributed by atoms with Gasteiger partial charge in [-0.2, -0.15) is 0 Å². The fraction of sp³-hybridized carbons (Fsp3) is 0.348. The molecule has 0 saturated carbocycles. The van der Waals surface area contributed by atoms with Gasteiger partial charge in [0.15, 0.2) is 0 Å². The van der Waals surface area contributed by atoms with E-state index in [0.717, 1.165) is 11.3 Å². The summed E-state index contributed by atoms with van der Waals surface area (Å²) in [6.07, 6.45) is 0.256. The van der Waals surface area contributed by atoms with Gasteiger partial charge < -0.3 is 25.4 Å². The highest BCUT2D eigenvalue weighted by atomic mass is 16.6. The van der Waals surface area contributed by atoms with Crippen LogP contribution in [0.1, 0.15) is 32.8 Å². The van der Waals surface area contributed by atoms with E-state index in [1.807, 2.05) is 24.3 Å². The summed E-state index contributed by atoms with van der Waals surface area (Å²) < 4.78 is 10.2. The Bertz CT molecular complexity index is 904. The van der Waals surface area contributed by atoms with E-state index in [1.165, 1.54) is 0 Å². The minimum Gasteiger partial charge on any atom is -0.497 e. The van der Waals surface area contributed by atoms with Crippen molar-refractivity contribution >= 4 is 29.3 Å². The zero-order valence-corrected chi connectivity index (χ0v) is 18.3. The summed E-state index contributed by atoms with van der Waals surface area (Å²) in [6.45, 7) is 4.99. The minimum absolute atomic E-state index is 0.133. The molecule has 2 rings (SSSR count). The molecule has 8 nitrogen and oxygen atoms in total. The number of anilines is 2. The number of hydrogen-bond donors (Lipinski definition) is 3. The van der Waals surface area contributed by atoms with E-state index < -0.39 is 17.6 Å². The largest absolute Gasteiger partial charge is 0.497 e. The second-order valence-corrected chi connectivity index (χ2v) is 7.88. The maximum absolute atomic E-state index is 12.2. The molecular weight excluding hydrogens is 398 g/mol. The molecular formula is C23H29N3O5. The summed E-state index contributed by atoms with van der Waals surface area (Å²) in [5.41, 5.74) is 1.47. The lowest BCUT2D eigenvalue weighted by molar-refractivity contribution is -0.116. The Hall–Kier alpha value is -3.55. The van der Waals surface area contributed by atoms with Crippen LogP contribution in [0.4, 0.5) is 16.2 Å². The second kappa shape index (κ2) is 11.0. The van der Waals surface area contributed by atoms with Crippen molar-refractivity contribution in [3.05, 3.63) is 54.1 Å². The lowest BCUT2D eigenvalue weighted by Gasteiger charge is -2.19. The average molecular weight is 428 g/mol. The summed E-state index contributed by atoms with van der Waals surface area (Å²) in [5.74, 6) is 0.230. The Kier molecular flexibility index (Phi) is 8.43. The first-order valence-electron chi connectivity index (χ1n) is 9.94. The van der Waals surface area contributed by atoms with Crippen molar-refractivity contribution in [3.63, 3.8) is 0 Å². The number of hydrogen-bond acceptors (Lipinski definition) is 5. The minimum atomic E-state index is -0.666. The fourth-order valence-electron chi connectivity index (χ4n) is 2.62. The van der Waals surface area contributed by atoms with Gasteiger partial charge in [-0.3, -0.25) is 9.59 Å². The van der Waals surface area contributed by atoms with Crippen LogP contribution >= 0.6 is 0 Å². The monoisotopic (exact) mass is 427 g/mol. The van der Waals surface area contributed by atoms with Crippen LogP contribution in [0.3, 0.4) is 0 Å². The highest BCUT2D eigenvalue weighted by Gasteiger charge is 2.16. The number of carbonyl (C=O) groups excluding carboxylic acids is 3. The quantitative estimate of drug-likeness (QED) is 0.595. The molecule has 0 bridgehead atoms. The van der Waals surface area contributed by atoms with Crippen molar-refractivity contribution < 1.29 is 23.9 Å². The third kappa shape index (κ3) is 9.20. The zero-order valence-electron chi connectivity index (χ0n) is 18.3. The summed E-state index contributed by atoms with van der Waals surface area (Å²) in [7, 11) is 1.61. The topological polar surface area (TPSA) is 106 Å². The van der Waals surface area contributed by atoms with Gasteiger partial charge in [0.05, 0.1) is 7.11 Å². The van der Waals surface area contributed by atoms with Gasteiger partial charge in [-0.05, 0) is 63.1 Å². The normalized spacial score (nSPS) is 10.7. The molecule has 0 aliphatic carbocycles. The van der Waals surface area contributed by atoms with Gasteiger partial charge in [0, 0.05) is 17.8 Å². The Morgan fingerprint density at radius 3 is 2.10 bits per heavy atom. The number of rotatable bonds is 8. The van der Waals surface area contributed by atoms with Gasteiger partial charge in [0.25, 0.3) is 0 Å². The molecule has 0 atom stereocenters. The lowest BCUT2D eigenvalue weighted by Crippen LogP contribution is -2.37. The first-order chi connectivity index (χ1) is 14.6. The van der Waals surface area contributed by atoms with Crippen molar-refractivity contribution in [2.24, 2.45) is 0 Å². The molecule has 0 unspecified atom stereocenters. The van der Waals surface area contributed by atoms with Crippen LogP contribution in [-0.2, 0) is 20.7 Å². The Morgan fingerprint density at radius 1 is 0.903 bits per heavy atom. The molecule has 0 aromatic heterocycles. The molecule has 166 valence electrons. The first-order valence-corrected chi connectivity index (χ1v) is 9.94. The second-order valence-electron chi connectivity index (χ2n) is 7.88. The summed E-state index contributed by atoms with van der Waals surface area (Å²) >= 11 is 0. The highest BCUT2D eigenvalue weighted by Crippen LogP contribution is 2.16. The molecule has 0 spiro atoms. The Labute approximate surface area is 182 Å². The van der Waals surface area contributed by atoms with E-state index in [2.05, 4.69) is 16.0 Å². The fourth-order valence-corrected chi connectivity index (χ4v) is 2.62. The van der Waals surface area contributed by atoms with Crippen molar-refractivity contribution in [1.29, 1.82) is 0 Å². The summed E-state index contributed by atoms with van der Waals surface area (Å²) in [5, 5.41) is 7.88. The van der Waals surface area contributed by atoms with Crippen LogP contribution in [0.2, 0.25) is 0 Å². The molecule has 0 fully saturated rings. The van der Waals surface area contributed by atoms with Crippen LogP contribution in [0.5, 0.6) is 5.75 Å². The van der Waals surface area contributed by atoms with Crippen molar-refractivity contribution in [3.8, 4) is 5.75 Å². The van der Waals surface area contributed by atoms with E-state index in [0.29, 0.717) is 24.2 Å². The molecule has 2 aromatic carbocycles. The van der Waals surface area contributed by atoms with Crippen LogP contribution in [0, 0.1) is 0 Å². The number of benzene rings is 2. The smallest absolute Gasteiger partial charge is 0.408 e. The number of methoxy groups -OCH3 is 1. The number of nitrogens with one attached hydrogen (secondary N) is 3. The van der Waals surface area contributed by atoms with E-state index >= 15 is 0 Å². The van der Waals surface area contributed by atoms with Gasteiger partial charge in [-0.25, -0.2) is 4.79 Å². The zero-order chi connectivity index (χ0) is 22.9. The number of ether oxygens (including phenoxy) is 2. The van der Waals surface area contributed by atoms with Crippen LogP contribution in [0.25, 0.3) is 0 Å². The highest BCUT2D eigenvalue weighted by molar-refractivity contribution is 5.95. The molecule has 3 amide bonds. The van der Waals surface area contributed by atoms with Crippen LogP contribution in [-0.4, -0.2) is 37.2 Å². The van der Waals surface area contributed by atoms with Crippen LogP contribution in [0.15, 0.2) is 48.5 Å². The molecule has 8 heteroatoms. The molecule has 2 aromatic rings. The molecule has 31 heavy (non-hydrogen) atoms. The summed E-state index contributed by atoms with van der Waals surface area (Å²) in [4.78, 5) is 35.9. The van der Waals surface area contributed by atoms with E-state index in [-0.39, 0.29) is 12.5 Å². The third-order valence-corrected chi connectivity index (χ3v) is 4.02. The molecule has 0 saturated heterocycles. The first kappa shape index (κ1) is 23.7. The summed E-state index contributed by atoms with van der Waals surface area (Å²) in [6, 6.07) is 14.4. The average Bonchev–Trinajstić information content (AvgIpc) is 2.70. The van der Waals surface area contributed by atoms with Gasteiger partial charge in [0.1, 0.15) is 17.9 Å². The van der Waals surface area contributed by atoms with E-state index in [4.69, 9.17) is 9.47 Å². The Balaban J connectivity index is 1.80. The van der Waals surface area contributed by atoms with Gasteiger partial charge in [0.2, 0.25) is 11.8 Å². The maximum atomic E-state index is 12.2. The van der Waals surface area contributed by atoms with Crippen molar-refractivity contribution in [1.82, 2.24) is 5.32 Å². The van der Waals surface area contributed by atoms with Gasteiger partial charge >= 0.3 is 6.09 Å². The number of amides is 3. The van der Waals surface area contributed by atoms with E-state index in [1.54, 1.807) is 52.1 Å². The standard InChI is InChI=1S/C23H29N3O5/c1-23(2,3)31-22(29)24-15-21(28)26-18-7-5-6-17(14-18)25-20(27)13-10-16-8-11-19(30-4)12-9-16/h5-9,11-12,14H,10,13,15H2,1-4H3,(H,24,29)(H,25,27)(H,26,28). The lowest BCUT2D eigenvalue weighted by atomic mass is 10.1. The number of carbonyl (C=O) groups is 3. The van der Waals surface area contributed by atoms with E-state index in [9.17, 15) is 14.4 Å². The number of aryl methyl sites for hydroxylation is 1. The van der Waals surface area contributed by atoms with Crippen molar-refractivity contribution in [2.75, 3.05) is 24.3 Å². The Morgan fingerprint density at radius 2 is 1.52 bits per heavy atom. The predicted octanol–water partition coefficient (Wildman–Crippen LogP) is 3.73. The molecule has 0 heterocycles. The molecule has 0 radical (unpaired) electrons.